The molecule has 1 aromatic heterocycles. The number of rotatable bonds is 6. The van der Waals surface area contributed by atoms with Gasteiger partial charge in [0.15, 0.2) is 5.82 Å². The first-order valence-corrected chi connectivity index (χ1v) is 8.78. The zero-order valence-corrected chi connectivity index (χ0v) is 14.8. The molecule has 1 aliphatic rings. The lowest BCUT2D eigenvalue weighted by Gasteiger charge is -2.22. The van der Waals surface area contributed by atoms with E-state index in [2.05, 4.69) is 69.3 Å². The van der Waals surface area contributed by atoms with Crippen molar-refractivity contribution in [1.29, 1.82) is 0 Å². The summed E-state index contributed by atoms with van der Waals surface area (Å²) in [6.45, 7) is 10.5. The average Bonchev–Trinajstić information content (AvgIpc) is 3.13. The summed E-state index contributed by atoms with van der Waals surface area (Å²) in [5.74, 6) is 1.46. The van der Waals surface area contributed by atoms with Crippen LogP contribution >= 0.6 is 0 Å². The summed E-state index contributed by atoms with van der Waals surface area (Å²) in [6.07, 6.45) is 4.08. The van der Waals surface area contributed by atoms with Gasteiger partial charge in [0.05, 0.1) is 6.20 Å². The maximum atomic E-state index is 4.61. The third kappa shape index (κ3) is 3.58. The second kappa shape index (κ2) is 7.47. The summed E-state index contributed by atoms with van der Waals surface area (Å²) in [4.78, 5) is 9.14. The standard InChI is InChI=1S/C18H26N6/c1-4-23(5-2)15-8-9-16(14(3)12-15)20-17-13-19-22-18(21-17)24-10-6-7-11-24/h8-9,12-13H,4-7,10-11H2,1-3H3,(H,20,21,22). The lowest BCUT2D eigenvalue weighted by Crippen LogP contribution is -2.22. The van der Waals surface area contributed by atoms with Crippen molar-refractivity contribution in [2.75, 3.05) is 41.3 Å². The summed E-state index contributed by atoms with van der Waals surface area (Å²) < 4.78 is 0. The second-order valence-electron chi connectivity index (χ2n) is 6.13. The molecule has 1 N–H and O–H groups in total. The maximum Gasteiger partial charge on any atom is 0.247 e. The molecule has 1 aliphatic heterocycles. The monoisotopic (exact) mass is 326 g/mol. The molecule has 0 aliphatic carbocycles. The molecule has 2 aromatic rings. The van der Waals surface area contributed by atoms with E-state index in [1.807, 2.05) is 0 Å². The van der Waals surface area contributed by atoms with Gasteiger partial charge in [0.25, 0.3) is 0 Å². The van der Waals surface area contributed by atoms with E-state index >= 15 is 0 Å². The van der Waals surface area contributed by atoms with Crippen LogP contribution in [0.25, 0.3) is 0 Å². The van der Waals surface area contributed by atoms with Crippen molar-refractivity contribution >= 4 is 23.1 Å². The zero-order valence-electron chi connectivity index (χ0n) is 14.8. The van der Waals surface area contributed by atoms with E-state index in [1.165, 1.54) is 24.1 Å². The van der Waals surface area contributed by atoms with Crippen LogP contribution in [0.15, 0.2) is 24.4 Å². The predicted octanol–water partition coefficient (Wildman–Crippen LogP) is 3.37. The molecular formula is C18H26N6. The third-order valence-electron chi connectivity index (χ3n) is 4.54. The van der Waals surface area contributed by atoms with Crippen LogP contribution in [0.2, 0.25) is 0 Å². The molecule has 0 saturated carbocycles. The average molecular weight is 326 g/mol. The van der Waals surface area contributed by atoms with E-state index in [0.29, 0.717) is 0 Å². The minimum Gasteiger partial charge on any atom is -0.372 e. The molecule has 0 unspecified atom stereocenters. The number of hydrogen-bond donors (Lipinski definition) is 1. The molecule has 2 heterocycles. The van der Waals surface area contributed by atoms with Crippen molar-refractivity contribution in [3.8, 4) is 0 Å². The number of nitrogens with zero attached hydrogens (tertiary/aromatic N) is 5. The molecule has 24 heavy (non-hydrogen) atoms. The van der Waals surface area contributed by atoms with E-state index < -0.39 is 0 Å². The molecule has 0 atom stereocenters. The first kappa shape index (κ1) is 16.5. The van der Waals surface area contributed by atoms with E-state index in [0.717, 1.165) is 43.6 Å². The van der Waals surface area contributed by atoms with Crippen molar-refractivity contribution < 1.29 is 0 Å². The van der Waals surface area contributed by atoms with Gasteiger partial charge in [-0.25, -0.2) is 0 Å². The highest BCUT2D eigenvalue weighted by Gasteiger charge is 2.16. The Morgan fingerprint density at radius 3 is 2.58 bits per heavy atom. The van der Waals surface area contributed by atoms with E-state index in [-0.39, 0.29) is 0 Å². The fourth-order valence-electron chi connectivity index (χ4n) is 3.12. The Kier molecular flexibility index (Phi) is 5.13. The topological polar surface area (TPSA) is 57.2 Å². The van der Waals surface area contributed by atoms with Gasteiger partial charge in [-0.15, -0.1) is 5.10 Å². The van der Waals surface area contributed by atoms with Crippen molar-refractivity contribution in [3.05, 3.63) is 30.0 Å². The van der Waals surface area contributed by atoms with Gasteiger partial charge in [-0.05, 0) is 57.4 Å². The SMILES string of the molecule is CCN(CC)c1ccc(Nc2cnnc(N3CCCC3)n2)c(C)c1. The lowest BCUT2D eigenvalue weighted by molar-refractivity contribution is 0.852. The predicted molar refractivity (Wildman–Crippen MR) is 99.3 cm³/mol. The van der Waals surface area contributed by atoms with Crippen molar-refractivity contribution in [2.24, 2.45) is 0 Å². The van der Waals surface area contributed by atoms with Gasteiger partial charge in [0, 0.05) is 37.6 Å². The van der Waals surface area contributed by atoms with Crippen molar-refractivity contribution in [2.45, 2.75) is 33.6 Å². The van der Waals surface area contributed by atoms with Gasteiger partial charge in [-0.3, -0.25) is 0 Å². The number of hydrogen-bond acceptors (Lipinski definition) is 6. The first-order chi connectivity index (χ1) is 11.7. The maximum absolute atomic E-state index is 4.61. The fourth-order valence-corrected chi connectivity index (χ4v) is 3.12. The zero-order chi connectivity index (χ0) is 16.9. The summed E-state index contributed by atoms with van der Waals surface area (Å²) in [6, 6.07) is 6.48. The highest BCUT2D eigenvalue weighted by atomic mass is 15.3. The Bertz CT molecular complexity index is 677. The molecule has 0 spiro atoms. The van der Waals surface area contributed by atoms with Gasteiger partial charge < -0.3 is 15.1 Å². The minimum absolute atomic E-state index is 0.718. The van der Waals surface area contributed by atoms with Crippen LogP contribution in [0.5, 0.6) is 0 Å². The molecule has 3 rings (SSSR count). The number of benzene rings is 1. The van der Waals surface area contributed by atoms with Crippen molar-refractivity contribution in [3.63, 3.8) is 0 Å². The Balaban J connectivity index is 1.77. The highest BCUT2D eigenvalue weighted by Crippen LogP contribution is 2.25. The van der Waals surface area contributed by atoms with Gasteiger partial charge >= 0.3 is 0 Å². The highest BCUT2D eigenvalue weighted by molar-refractivity contribution is 5.65. The quantitative estimate of drug-likeness (QED) is 0.878. The van der Waals surface area contributed by atoms with Crippen LogP contribution in [0.1, 0.15) is 32.3 Å². The van der Waals surface area contributed by atoms with Crippen LogP contribution in [0, 0.1) is 6.92 Å². The van der Waals surface area contributed by atoms with Crippen LogP contribution in [0.3, 0.4) is 0 Å². The number of anilines is 4. The first-order valence-electron chi connectivity index (χ1n) is 8.78. The Hall–Kier alpha value is -2.37. The molecule has 6 nitrogen and oxygen atoms in total. The Labute approximate surface area is 143 Å². The smallest absolute Gasteiger partial charge is 0.247 e. The van der Waals surface area contributed by atoms with Gasteiger partial charge in [0.1, 0.15) is 0 Å². The molecule has 0 amide bonds. The molecule has 0 radical (unpaired) electrons. The van der Waals surface area contributed by atoms with E-state index in [4.69, 9.17) is 0 Å². The van der Waals surface area contributed by atoms with Gasteiger partial charge in [0.2, 0.25) is 5.95 Å². The molecule has 1 aromatic carbocycles. The van der Waals surface area contributed by atoms with E-state index in [9.17, 15) is 0 Å². The van der Waals surface area contributed by atoms with Gasteiger partial charge in [-0.1, -0.05) is 0 Å². The summed E-state index contributed by atoms with van der Waals surface area (Å²) >= 11 is 0. The fraction of sp³-hybridized carbons (Fsp3) is 0.500. The number of nitrogens with one attached hydrogen (secondary N) is 1. The normalized spacial score (nSPS) is 14.0. The van der Waals surface area contributed by atoms with Crippen molar-refractivity contribution in [1.82, 2.24) is 15.2 Å². The van der Waals surface area contributed by atoms with Crippen LogP contribution in [-0.4, -0.2) is 41.4 Å². The molecule has 128 valence electrons. The summed E-state index contributed by atoms with van der Waals surface area (Å²) in [5, 5.41) is 11.6. The second-order valence-corrected chi connectivity index (χ2v) is 6.13. The lowest BCUT2D eigenvalue weighted by atomic mass is 10.1. The van der Waals surface area contributed by atoms with E-state index in [1.54, 1.807) is 6.20 Å². The van der Waals surface area contributed by atoms with Crippen LogP contribution in [-0.2, 0) is 0 Å². The molecule has 1 saturated heterocycles. The Morgan fingerprint density at radius 1 is 1.17 bits per heavy atom. The van der Waals surface area contributed by atoms with Crippen LogP contribution in [0.4, 0.5) is 23.1 Å². The summed E-state index contributed by atoms with van der Waals surface area (Å²) in [5.41, 5.74) is 3.50. The molecule has 6 heteroatoms. The number of aryl methyl sites for hydroxylation is 1. The largest absolute Gasteiger partial charge is 0.372 e. The Morgan fingerprint density at radius 2 is 1.92 bits per heavy atom. The number of aromatic nitrogens is 3. The molecular weight excluding hydrogens is 300 g/mol. The minimum atomic E-state index is 0.718. The summed E-state index contributed by atoms with van der Waals surface area (Å²) in [7, 11) is 0. The van der Waals surface area contributed by atoms with Gasteiger partial charge in [-0.2, -0.15) is 10.1 Å². The van der Waals surface area contributed by atoms with Crippen LogP contribution < -0.4 is 15.1 Å². The molecule has 0 bridgehead atoms. The molecule has 1 fully saturated rings. The third-order valence-corrected chi connectivity index (χ3v) is 4.54.